The molecule has 5 heteroatoms. The van der Waals surface area contributed by atoms with E-state index in [4.69, 9.17) is 0 Å². The molecule has 0 aromatic carbocycles. The van der Waals surface area contributed by atoms with Gasteiger partial charge in [-0.3, -0.25) is 0 Å². The molecule has 0 unspecified atom stereocenters. The fraction of sp³-hybridized carbons (Fsp3) is 1.00. The molecule has 120 valence electrons. The maximum absolute atomic E-state index is 12.0. The van der Waals surface area contributed by atoms with Crippen molar-refractivity contribution < 1.29 is 8.42 Å². The maximum Gasteiger partial charge on any atom is 0.214 e. The van der Waals surface area contributed by atoms with E-state index < -0.39 is 10.0 Å². The molecule has 1 N–H and O–H groups in total. The largest absolute Gasteiger partial charge is 0.311 e. The molecule has 1 fully saturated rings. The van der Waals surface area contributed by atoms with Crippen LogP contribution in [0.1, 0.15) is 65.7 Å². The van der Waals surface area contributed by atoms with Gasteiger partial charge >= 0.3 is 0 Å². The highest BCUT2D eigenvalue weighted by Crippen LogP contribution is 2.17. The van der Waals surface area contributed by atoms with Crippen molar-refractivity contribution in [2.45, 2.75) is 77.8 Å². The van der Waals surface area contributed by atoms with Gasteiger partial charge in [-0.1, -0.05) is 33.6 Å². The minimum atomic E-state index is -3.00. The van der Waals surface area contributed by atoms with Crippen molar-refractivity contribution >= 4 is 10.0 Å². The zero-order chi connectivity index (χ0) is 15.0. The molecule has 0 radical (unpaired) electrons. The standard InChI is InChI=1S/C15H32N2O2S/c1-4-7-14(8-5-2)16-15-9-11-17(12-10-15)20(18,19)13-6-3/h14-16H,4-13H2,1-3H3. The Labute approximate surface area is 125 Å². The van der Waals surface area contributed by atoms with E-state index in [0.717, 1.165) is 12.8 Å². The lowest BCUT2D eigenvalue weighted by molar-refractivity contribution is 0.264. The Bertz CT molecular complexity index is 343. The van der Waals surface area contributed by atoms with Crippen LogP contribution in [0.2, 0.25) is 0 Å². The van der Waals surface area contributed by atoms with E-state index in [1.165, 1.54) is 25.7 Å². The van der Waals surface area contributed by atoms with Crippen LogP contribution in [0.3, 0.4) is 0 Å². The molecule has 0 bridgehead atoms. The molecule has 1 saturated heterocycles. The molecule has 0 aliphatic carbocycles. The Morgan fingerprint density at radius 2 is 1.60 bits per heavy atom. The minimum absolute atomic E-state index is 0.291. The molecule has 1 heterocycles. The summed E-state index contributed by atoms with van der Waals surface area (Å²) in [6.07, 6.45) is 7.47. The highest BCUT2D eigenvalue weighted by molar-refractivity contribution is 7.89. The van der Waals surface area contributed by atoms with Crippen molar-refractivity contribution in [3.8, 4) is 0 Å². The van der Waals surface area contributed by atoms with Gasteiger partial charge in [-0.05, 0) is 32.1 Å². The van der Waals surface area contributed by atoms with Gasteiger partial charge in [-0.2, -0.15) is 0 Å². The molecule has 1 aliphatic rings. The summed E-state index contributed by atoms with van der Waals surface area (Å²) in [6, 6.07) is 1.10. The molecule has 0 amide bonds. The van der Waals surface area contributed by atoms with Crippen LogP contribution in [0.15, 0.2) is 0 Å². The molecule has 0 atom stereocenters. The fourth-order valence-corrected chi connectivity index (χ4v) is 4.57. The highest BCUT2D eigenvalue weighted by atomic mass is 32.2. The van der Waals surface area contributed by atoms with Gasteiger partial charge in [0.25, 0.3) is 0 Å². The van der Waals surface area contributed by atoms with Gasteiger partial charge in [-0.15, -0.1) is 0 Å². The number of hydrogen-bond acceptors (Lipinski definition) is 3. The predicted octanol–water partition coefficient (Wildman–Crippen LogP) is 2.75. The number of nitrogens with one attached hydrogen (secondary N) is 1. The van der Waals surface area contributed by atoms with Crippen LogP contribution < -0.4 is 5.32 Å². The quantitative estimate of drug-likeness (QED) is 0.712. The molecule has 20 heavy (non-hydrogen) atoms. The molecule has 1 rings (SSSR count). The third kappa shape index (κ3) is 5.70. The minimum Gasteiger partial charge on any atom is -0.311 e. The monoisotopic (exact) mass is 304 g/mol. The first-order valence-electron chi connectivity index (χ1n) is 8.27. The first-order chi connectivity index (χ1) is 9.53. The Balaban J connectivity index is 2.41. The summed E-state index contributed by atoms with van der Waals surface area (Å²) in [5, 5.41) is 3.74. The van der Waals surface area contributed by atoms with Crippen LogP contribution in [-0.4, -0.2) is 43.6 Å². The number of nitrogens with zero attached hydrogens (tertiary/aromatic N) is 1. The van der Waals surface area contributed by atoms with Gasteiger partial charge < -0.3 is 5.32 Å². The summed E-state index contributed by atoms with van der Waals surface area (Å²) >= 11 is 0. The summed E-state index contributed by atoms with van der Waals surface area (Å²) in [6.45, 7) is 7.75. The first kappa shape index (κ1) is 17.9. The van der Waals surface area contributed by atoms with E-state index in [-0.39, 0.29) is 0 Å². The van der Waals surface area contributed by atoms with E-state index >= 15 is 0 Å². The number of hydrogen-bond donors (Lipinski definition) is 1. The van der Waals surface area contributed by atoms with Crippen LogP contribution in [-0.2, 0) is 10.0 Å². The molecule has 4 nitrogen and oxygen atoms in total. The SMILES string of the molecule is CCCC(CCC)NC1CCN(S(=O)(=O)CCC)CC1. The van der Waals surface area contributed by atoms with Crippen LogP contribution >= 0.6 is 0 Å². The summed E-state index contributed by atoms with van der Waals surface area (Å²) in [5.41, 5.74) is 0. The van der Waals surface area contributed by atoms with Crippen LogP contribution in [0, 0.1) is 0 Å². The second-order valence-electron chi connectivity index (χ2n) is 5.93. The summed E-state index contributed by atoms with van der Waals surface area (Å²) < 4.78 is 25.7. The highest BCUT2D eigenvalue weighted by Gasteiger charge is 2.27. The Hall–Kier alpha value is -0.130. The van der Waals surface area contributed by atoms with Crippen molar-refractivity contribution in [3.63, 3.8) is 0 Å². The first-order valence-corrected chi connectivity index (χ1v) is 9.88. The Morgan fingerprint density at radius 3 is 2.05 bits per heavy atom. The van der Waals surface area contributed by atoms with Crippen molar-refractivity contribution in [1.29, 1.82) is 0 Å². The number of rotatable bonds is 9. The average Bonchev–Trinajstić information content (AvgIpc) is 2.40. The lowest BCUT2D eigenvalue weighted by Crippen LogP contribution is -2.48. The molecule has 0 spiro atoms. The van der Waals surface area contributed by atoms with Crippen molar-refractivity contribution in [2.75, 3.05) is 18.8 Å². The van der Waals surface area contributed by atoms with E-state index in [1.54, 1.807) is 4.31 Å². The van der Waals surface area contributed by atoms with Gasteiger partial charge in [0.15, 0.2) is 0 Å². The van der Waals surface area contributed by atoms with E-state index in [0.29, 0.717) is 37.3 Å². The summed E-state index contributed by atoms with van der Waals surface area (Å²) in [7, 11) is -3.00. The maximum atomic E-state index is 12.0. The van der Waals surface area contributed by atoms with Crippen molar-refractivity contribution in [1.82, 2.24) is 9.62 Å². The third-order valence-electron chi connectivity index (χ3n) is 4.06. The van der Waals surface area contributed by atoms with E-state index in [2.05, 4.69) is 19.2 Å². The third-order valence-corrected chi connectivity index (χ3v) is 6.13. The average molecular weight is 305 g/mol. The van der Waals surface area contributed by atoms with Gasteiger partial charge in [0, 0.05) is 25.2 Å². The Morgan fingerprint density at radius 1 is 1.05 bits per heavy atom. The predicted molar refractivity (Wildman–Crippen MR) is 85.4 cm³/mol. The van der Waals surface area contributed by atoms with Crippen LogP contribution in [0.5, 0.6) is 0 Å². The smallest absolute Gasteiger partial charge is 0.214 e. The van der Waals surface area contributed by atoms with Gasteiger partial charge in [0.2, 0.25) is 10.0 Å². The number of sulfonamides is 1. The molecular weight excluding hydrogens is 272 g/mol. The molecule has 1 aliphatic heterocycles. The summed E-state index contributed by atoms with van der Waals surface area (Å²) in [4.78, 5) is 0. The van der Waals surface area contributed by atoms with Crippen LogP contribution in [0.25, 0.3) is 0 Å². The van der Waals surface area contributed by atoms with Gasteiger partial charge in [-0.25, -0.2) is 12.7 Å². The fourth-order valence-electron chi connectivity index (χ4n) is 3.03. The van der Waals surface area contributed by atoms with Crippen molar-refractivity contribution in [2.24, 2.45) is 0 Å². The Kier molecular flexibility index (Phi) is 8.07. The summed E-state index contributed by atoms with van der Waals surface area (Å²) in [5.74, 6) is 0.291. The lowest BCUT2D eigenvalue weighted by atomic mass is 10.0. The van der Waals surface area contributed by atoms with Crippen molar-refractivity contribution in [3.05, 3.63) is 0 Å². The second kappa shape index (κ2) is 9.00. The second-order valence-corrected chi connectivity index (χ2v) is 8.02. The lowest BCUT2D eigenvalue weighted by Gasteiger charge is -2.34. The molecular formula is C15H32N2O2S. The topological polar surface area (TPSA) is 49.4 Å². The molecule has 0 aromatic heterocycles. The molecule has 0 aromatic rings. The number of piperidine rings is 1. The van der Waals surface area contributed by atoms with Gasteiger partial charge in [0.1, 0.15) is 0 Å². The normalized spacial score (nSPS) is 18.8. The zero-order valence-electron chi connectivity index (χ0n) is 13.4. The zero-order valence-corrected chi connectivity index (χ0v) is 14.2. The van der Waals surface area contributed by atoms with Crippen LogP contribution in [0.4, 0.5) is 0 Å². The van der Waals surface area contributed by atoms with E-state index in [9.17, 15) is 8.42 Å². The van der Waals surface area contributed by atoms with Gasteiger partial charge in [0.05, 0.1) is 5.75 Å². The molecule has 0 saturated carbocycles. The van der Waals surface area contributed by atoms with E-state index in [1.807, 2.05) is 6.92 Å².